The van der Waals surface area contributed by atoms with Gasteiger partial charge in [0.25, 0.3) is 0 Å². The number of nitrogens with zero attached hydrogens (tertiary/aromatic N) is 1. The highest BCUT2D eigenvalue weighted by molar-refractivity contribution is 7.89. The minimum absolute atomic E-state index is 0.0536. The normalized spacial score (nSPS) is 21.6. The summed E-state index contributed by atoms with van der Waals surface area (Å²) in [5.74, 6) is 1.35. The summed E-state index contributed by atoms with van der Waals surface area (Å²) in [6.45, 7) is 7.84. The zero-order valence-electron chi connectivity index (χ0n) is 15.6. The molecule has 27 heavy (non-hydrogen) atoms. The summed E-state index contributed by atoms with van der Waals surface area (Å²) in [6, 6.07) is 4.23. The van der Waals surface area contributed by atoms with Crippen molar-refractivity contribution >= 4 is 21.1 Å². The van der Waals surface area contributed by atoms with Crippen LogP contribution >= 0.6 is 0 Å². The Hall–Kier alpha value is -1.97. The molecule has 9 heteroatoms. The molecule has 0 radical (unpaired) electrons. The first kappa shape index (κ1) is 19.8. The number of nitrogens with one attached hydrogen (secondary N) is 3. The molecule has 1 aliphatic rings. The average Bonchev–Trinajstić information content (AvgIpc) is 2.58. The van der Waals surface area contributed by atoms with E-state index in [1.54, 1.807) is 0 Å². The highest BCUT2D eigenvalue weighted by atomic mass is 32.2. The van der Waals surface area contributed by atoms with Crippen molar-refractivity contribution in [1.29, 1.82) is 0 Å². The summed E-state index contributed by atoms with van der Waals surface area (Å²) in [5, 5.41) is 0. The lowest BCUT2D eigenvalue weighted by Gasteiger charge is -2.34. The minimum atomic E-state index is -3.68. The molecule has 0 saturated carbocycles. The van der Waals surface area contributed by atoms with Gasteiger partial charge in [0, 0.05) is 19.6 Å². The van der Waals surface area contributed by atoms with Crippen LogP contribution in [-0.2, 0) is 10.0 Å². The molecule has 2 unspecified atom stereocenters. The fourth-order valence-corrected chi connectivity index (χ4v) is 4.93. The summed E-state index contributed by atoms with van der Waals surface area (Å²) in [4.78, 5) is 30.0. The molecule has 1 saturated heterocycles. The number of rotatable bonds is 6. The quantitative estimate of drug-likeness (QED) is 0.497. The molecule has 0 spiro atoms. The van der Waals surface area contributed by atoms with Gasteiger partial charge in [-0.1, -0.05) is 13.8 Å². The van der Waals surface area contributed by atoms with Gasteiger partial charge in [0.15, 0.2) is 0 Å². The Morgan fingerprint density at radius 3 is 2.37 bits per heavy atom. The molecule has 0 bridgehead atoms. The van der Waals surface area contributed by atoms with Gasteiger partial charge in [-0.2, -0.15) is 0 Å². The smallest absolute Gasteiger partial charge is 0.314 e. The van der Waals surface area contributed by atoms with Crippen LogP contribution in [-0.4, -0.2) is 49.5 Å². The summed E-state index contributed by atoms with van der Waals surface area (Å²) < 4.78 is 27.6. The van der Waals surface area contributed by atoms with Crippen molar-refractivity contribution in [3.05, 3.63) is 38.9 Å². The zero-order valence-corrected chi connectivity index (χ0v) is 16.4. The lowest BCUT2D eigenvalue weighted by molar-refractivity contribution is 0.140. The highest BCUT2D eigenvalue weighted by Gasteiger charge is 2.21. The first-order chi connectivity index (χ1) is 12.7. The SMILES string of the molecule is CC1CC(C)CN(CCCNS(=O)(=O)c2ccc3[nH]c(=O)c(=O)[nH]c3c2)C1. The van der Waals surface area contributed by atoms with Gasteiger partial charge in [0.05, 0.1) is 15.9 Å². The van der Waals surface area contributed by atoms with Crippen LogP contribution in [0, 0.1) is 11.8 Å². The van der Waals surface area contributed by atoms with Crippen molar-refractivity contribution in [2.45, 2.75) is 31.6 Å². The predicted molar refractivity (Wildman–Crippen MR) is 104 cm³/mol. The molecule has 3 rings (SSSR count). The second-order valence-electron chi connectivity index (χ2n) is 7.57. The van der Waals surface area contributed by atoms with Crippen LogP contribution in [0.15, 0.2) is 32.7 Å². The molecule has 2 heterocycles. The van der Waals surface area contributed by atoms with Crippen molar-refractivity contribution < 1.29 is 8.42 Å². The van der Waals surface area contributed by atoms with Crippen LogP contribution in [0.1, 0.15) is 26.7 Å². The van der Waals surface area contributed by atoms with Gasteiger partial charge >= 0.3 is 11.1 Å². The van der Waals surface area contributed by atoms with Gasteiger partial charge in [0.1, 0.15) is 0 Å². The average molecular weight is 394 g/mol. The second kappa shape index (κ2) is 7.95. The predicted octanol–water partition coefficient (Wildman–Crippen LogP) is 0.863. The Morgan fingerprint density at radius 2 is 1.70 bits per heavy atom. The molecular formula is C18H26N4O4S. The van der Waals surface area contributed by atoms with Gasteiger partial charge in [-0.05, 0) is 49.4 Å². The van der Waals surface area contributed by atoms with Crippen molar-refractivity contribution in [1.82, 2.24) is 19.6 Å². The van der Waals surface area contributed by atoms with Crippen LogP contribution in [0.25, 0.3) is 11.0 Å². The first-order valence-corrected chi connectivity index (χ1v) is 10.7. The number of H-pyrrole nitrogens is 2. The maximum atomic E-state index is 12.5. The fourth-order valence-electron chi connectivity index (χ4n) is 3.83. The Kier molecular flexibility index (Phi) is 5.83. The van der Waals surface area contributed by atoms with E-state index in [9.17, 15) is 18.0 Å². The third-order valence-electron chi connectivity index (χ3n) is 4.89. The van der Waals surface area contributed by atoms with E-state index in [2.05, 4.69) is 33.4 Å². The van der Waals surface area contributed by atoms with E-state index < -0.39 is 21.1 Å². The molecule has 1 fully saturated rings. The molecule has 1 aromatic carbocycles. The van der Waals surface area contributed by atoms with Gasteiger partial charge in [-0.25, -0.2) is 13.1 Å². The summed E-state index contributed by atoms with van der Waals surface area (Å²) in [5.41, 5.74) is -0.918. The van der Waals surface area contributed by atoms with Gasteiger partial charge in [-0.15, -0.1) is 0 Å². The Balaban J connectivity index is 1.61. The Bertz CT molecular complexity index is 1020. The number of piperidine rings is 1. The molecule has 2 atom stereocenters. The molecule has 148 valence electrons. The third kappa shape index (κ3) is 4.85. The molecule has 8 nitrogen and oxygen atoms in total. The van der Waals surface area contributed by atoms with Gasteiger partial charge < -0.3 is 14.9 Å². The second-order valence-corrected chi connectivity index (χ2v) is 9.34. The van der Waals surface area contributed by atoms with Gasteiger partial charge in [0.2, 0.25) is 10.0 Å². The molecule has 0 aliphatic carbocycles. The number of aromatic amines is 2. The lowest BCUT2D eigenvalue weighted by atomic mass is 9.92. The summed E-state index contributed by atoms with van der Waals surface area (Å²) in [7, 11) is -3.68. The molecular weight excluding hydrogens is 368 g/mol. The number of hydrogen-bond donors (Lipinski definition) is 3. The molecule has 1 aromatic heterocycles. The van der Waals surface area contributed by atoms with Crippen LogP contribution < -0.4 is 15.8 Å². The molecule has 2 aromatic rings. The number of likely N-dealkylation sites (tertiary alicyclic amines) is 1. The van der Waals surface area contributed by atoms with E-state index in [0.717, 1.165) is 26.1 Å². The van der Waals surface area contributed by atoms with E-state index in [-0.39, 0.29) is 10.4 Å². The standard InChI is InChI=1S/C18H26N4O4S/c1-12-8-13(2)11-22(10-12)7-3-6-19-27(25,26)14-4-5-15-16(9-14)21-18(24)17(23)20-15/h4-5,9,12-13,19H,3,6-8,10-11H2,1-2H3,(H,20,23)(H,21,24). The number of benzene rings is 1. The molecule has 1 aliphatic heterocycles. The van der Waals surface area contributed by atoms with Crippen molar-refractivity contribution in [2.75, 3.05) is 26.2 Å². The van der Waals surface area contributed by atoms with Crippen LogP contribution in [0.4, 0.5) is 0 Å². The van der Waals surface area contributed by atoms with E-state index in [1.807, 2.05) is 0 Å². The largest absolute Gasteiger partial charge is 0.316 e. The van der Waals surface area contributed by atoms with Gasteiger partial charge in [-0.3, -0.25) is 9.59 Å². The number of hydrogen-bond acceptors (Lipinski definition) is 5. The van der Waals surface area contributed by atoms with Crippen LogP contribution in [0.2, 0.25) is 0 Å². The van der Waals surface area contributed by atoms with E-state index in [1.165, 1.54) is 24.6 Å². The monoisotopic (exact) mass is 394 g/mol. The highest BCUT2D eigenvalue weighted by Crippen LogP contribution is 2.20. The fraction of sp³-hybridized carbons (Fsp3) is 0.556. The minimum Gasteiger partial charge on any atom is -0.316 e. The number of fused-ring (bicyclic) bond motifs is 1. The molecule has 0 amide bonds. The van der Waals surface area contributed by atoms with Crippen LogP contribution in [0.5, 0.6) is 0 Å². The van der Waals surface area contributed by atoms with E-state index in [0.29, 0.717) is 23.9 Å². The third-order valence-corrected chi connectivity index (χ3v) is 6.35. The van der Waals surface area contributed by atoms with Crippen molar-refractivity contribution in [2.24, 2.45) is 11.8 Å². The van der Waals surface area contributed by atoms with Crippen LogP contribution in [0.3, 0.4) is 0 Å². The van der Waals surface area contributed by atoms with Crippen molar-refractivity contribution in [3.8, 4) is 0 Å². The number of aromatic nitrogens is 2. The summed E-state index contributed by atoms with van der Waals surface area (Å²) in [6.07, 6.45) is 1.98. The Labute approximate surface area is 158 Å². The summed E-state index contributed by atoms with van der Waals surface area (Å²) >= 11 is 0. The maximum Gasteiger partial charge on any atom is 0.314 e. The zero-order chi connectivity index (χ0) is 19.6. The number of sulfonamides is 1. The topological polar surface area (TPSA) is 115 Å². The first-order valence-electron chi connectivity index (χ1n) is 9.23. The van der Waals surface area contributed by atoms with Crippen molar-refractivity contribution in [3.63, 3.8) is 0 Å². The Morgan fingerprint density at radius 1 is 1.07 bits per heavy atom. The van der Waals surface area contributed by atoms with E-state index >= 15 is 0 Å². The lowest BCUT2D eigenvalue weighted by Crippen LogP contribution is -2.40. The molecule has 3 N–H and O–H groups in total. The maximum absolute atomic E-state index is 12.5. The van der Waals surface area contributed by atoms with E-state index in [4.69, 9.17) is 0 Å².